The summed E-state index contributed by atoms with van der Waals surface area (Å²) in [5, 5.41) is 10.9. The van der Waals surface area contributed by atoms with Crippen LogP contribution < -0.4 is 5.43 Å². The van der Waals surface area contributed by atoms with E-state index in [0.717, 1.165) is 17.0 Å². The van der Waals surface area contributed by atoms with Gasteiger partial charge in [0.15, 0.2) is 0 Å². The number of carbonyl (C=O) groups is 1. The molecule has 0 spiro atoms. The minimum absolute atomic E-state index is 0.332. The fraction of sp³-hybridized carbons (Fsp3) is 0.118. The quantitative estimate of drug-likeness (QED) is 0.574. The van der Waals surface area contributed by atoms with Gasteiger partial charge in [0.1, 0.15) is 5.69 Å². The van der Waals surface area contributed by atoms with Crippen molar-refractivity contribution in [2.24, 2.45) is 12.1 Å². The summed E-state index contributed by atoms with van der Waals surface area (Å²) in [5.41, 5.74) is 6.61. The lowest BCUT2D eigenvalue weighted by Crippen LogP contribution is -2.18. The Morgan fingerprint density at radius 2 is 2.09 bits per heavy atom. The van der Waals surface area contributed by atoms with Crippen LogP contribution in [-0.4, -0.2) is 26.9 Å². The van der Waals surface area contributed by atoms with Gasteiger partial charge in [0.05, 0.1) is 17.6 Å². The lowest BCUT2D eigenvalue weighted by molar-refractivity contribution is 0.0950. The Balaban J connectivity index is 1.68. The zero-order valence-corrected chi connectivity index (χ0v) is 12.9. The molecular weight excluding hydrogens is 290 g/mol. The van der Waals surface area contributed by atoms with Crippen LogP contribution in [0.5, 0.6) is 0 Å². The molecule has 0 aliphatic carbocycles. The number of nitrogens with one attached hydrogen (secondary N) is 2. The maximum atomic E-state index is 12.1. The van der Waals surface area contributed by atoms with Crippen LogP contribution in [0, 0.1) is 6.92 Å². The van der Waals surface area contributed by atoms with E-state index in [1.54, 1.807) is 12.3 Å². The number of aryl methyl sites for hydroxylation is 2. The van der Waals surface area contributed by atoms with Gasteiger partial charge < -0.3 is 4.57 Å². The van der Waals surface area contributed by atoms with Crippen molar-refractivity contribution in [3.63, 3.8) is 0 Å². The van der Waals surface area contributed by atoms with E-state index in [1.165, 1.54) is 5.56 Å². The molecule has 6 heteroatoms. The van der Waals surface area contributed by atoms with Gasteiger partial charge in [-0.3, -0.25) is 9.89 Å². The minimum atomic E-state index is -0.332. The van der Waals surface area contributed by atoms with Gasteiger partial charge in [-0.05, 0) is 25.1 Å². The summed E-state index contributed by atoms with van der Waals surface area (Å²) >= 11 is 0. The fourth-order valence-electron chi connectivity index (χ4n) is 2.14. The maximum Gasteiger partial charge on any atom is 0.289 e. The van der Waals surface area contributed by atoms with Crippen LogP contribution in [0.15, 0.2) is 53.8 Å². The highest BCUT2D eigenvalue weighted by Crippen LogP contribution is 2.18. The van der Waals surface area contributed by atoms with E-state index >= 15 is 0 Å². The Kier molecular flexibility index (Phi) is 4.05. The van der Waals surface area contributed by atoms with E-state index in [4.69, 9.17) is 0 Å². The first kappa shape index (κ1) is 14.8. The monoisotopic (exact) mass is 307 g/mol. The Morgan fingerprint density at radius 3 is 2.78 bits per heavy atom. The predicted molar refractivity (Wildman–Crippen MR) is 89.2 cm³/mol. The Hall–Kier alpha value is -3.15. The second-order valence-electron chi connectivity index (χ2n) is 5.28. The molecule has 0 bridgehead atoms. The van der Waals surface area contributed by atoms with Crippen molar-refractivity contribution >= 4 is 12.1 Å². The third-order valence-corrected chi connectivity index (χ3v) is 3.52. The van der Waals surface area contributed by atoms with Crippen molar-refractivity contribution < 1.29 is 4.79 Å². The van der Waals surface area contributed by atoms with Crippen molar-refractivity contribution in [3.05, 3.63) is 65.6 Å². The number of H-pyrrole nitrogens is 1. The number of aromatic nitrogens is 3. The molecule has 2 N–H and O–H groups in total. The molecule has 0 saturated heterocycles. The summed E-state index contributed by atoms with van der Waals surface area (Å²) in [6.45, 7) is 2.03. The second-order valence-corrected chi connectivity index (χ2v) is 5.28. The van der Waals surface area contributed by atoms with Crippen molar-refractivity contribution in [1.82, 2.24) is 20.2 Å². The largest absolute Gasteiger partial charge is 0.350 e. The highest BCUT2D eigenvalue weighted by molar-refractivity contribution is 5.94. The van der Waals surface area contributed by atoms with E-state index in [2.05, 4.69) is 20.7 Å². The molecule has 0 fully saturated rings. The van der Waals surface area contributed by atoms with Gasteiger partial charge in [0.25, 0.3) is 5.91 Å². The SMILES string of the molecule is Cc1ccc(-c2cc(C(=O)NN=Cc3cccn3C)[nH]n2)cc1. The van der Waals surface area contributed by atoms with Crippen LogP contribution in [0.4, 0.5) is 0 Å². The van der Waals surface area contributed by atoms with Crippen molar-refractivity contribution in [1.29, 1.82) is 0 Å². The molecule has 0 atom stereocenters. The van der Waals surface area contributed by atoms with Crippen LogP contribution in [0.3, 0.4) is 0 Å². The number of aromatic amines is 1. The summed E-state index contributed by atoms with van der Waals surface area (Å²) in [5.74, 6) is -0.332. The molecule has 0 radical (unpaired) electrons. The van der Waals surface area contributed by atoms with Gasteiger partial charge in [-0.25, -0.2) is 5.43 Å². The topological polar surface area (TPSA) is 75.1 Å². The van der Waals surface area contributed by atoms with Gasteiger partial charge in [-0.15, -0.1) is 0 Å². The van der Waals surface area contributed by atoms with Crippen LogP contribution in [0.1, 0.15) is 21.7 Å². The number of hydrazone groups is 1. The highest BCUT2D eigenvalue weighted by Gasteiger charge is 2.10. The van der Waals surface area contributed by atoms with E-state index < -0.39 is 0 Å². The molecule has 3 rings (SSSR count). The van der Waals surface area contributed by atoms with E-state index in [9.17, 15) is 4.79 Å². The van der Waals surface area contributed by atoms with Crippen LogP contribution in [0.2, 0.25) is 0 Å². The summed E-state index contributed by atoms with van der Waals surface area (Å²) in [7, 11) is 1.91. The zero-order valence-electron chi connectivity index (χ0n) is 12.9. The normalized spacial score (nSPS) is 11.0. The third-order valence-electron chi connectivity index (χ3n) is 3.52. The fourth-order valence-corrected chi connectivity index (χ4v) is 2.14. The first-order chi connectivity index (χ1) is 11.1. The molecule has 23 heavy (non-hydrogen) atoms. The summed E-state index contributed by atoms with van der Waals surface area (Å²) in [6, 6.07) is 13.5. The molecule has 1 aromatic carbocycles. The van der Waals surface area contributed by atoms with Crippen molar-refractivity contribution in [2.45, 2.75) is 6.92 Å². The average molecular weight is 307 g/mol. The van der Waals surface area contributed by atoms with Gasteiger partial charge in [-0.2, -0.15) is 10.2 Å². The van der Waals surface area contributed by atoms with E-state index in [1.807, 2.05) is 61.1 Å². The van der Waals surface area contributed by atoms with Crippen LogP contribution >= 0.6 is 0 Å². The molecule has 2 heterocycles. The molecule has 3 aromatic rings. The summed E-state index contributed by atoms with van der Waals surface area (Å²) in [6.07, 6.45) is 3.50. The number of carbonyl (C=O) groups excluding carboxylic acids is 1. The number of hydrogen-bond acceptors (Lipinski definition) is 3. The van der Waals surface area contributed by atoms with E-state index in [0.29, 0.717) is 5.69 Å². The molecule has 6 nitrogen and oxygen atoms in total. The number of amides is 1. The van der Waals surface area contributed by atoms with Crippen LogP contribution in [-0.2, 0) is 7.05 Å². The lowest BCUT2D eigenvalue weighted by atomic mass is 10.1. The first-order valence-electron chi connectivity index (χ1n) is 7.20. The Labute approximate surface area is 133 Å². The van der Waals surface area contributed by atoms with Gasteiger partial charge >= 0.3 is 0 Å². The molecular formula is C17H17N5O. The lowest BCUT2D eigenvalue weighted by Gasteiger charge is -1.97. The second kappa shape index (κ2) is 6.31. The van der Waals surface area contributed by atoms with Crippen molar-refractivity contribution in [3.8, 4) is 11.3 Å². The number of rotatable bonds is 4. The maximum absolute atomic E-state index is 12.1. The Bertz CT molecular complexity index is 842. The van der Waals surface area contributed by atoms with Crippen LogP contribution in [0.25, 0.3) is 11.3 Å². The third kappa shape index (κ3) is 3.37. The zero-order chi connectivity index (χ0) is 16.2. The molecule has 0 aliphatic heterocycles. The summed E-state index contributed by atoms with van der Waals surface area (Å²) in [4.78, 5) is 12.1. The molecule has 0 saturated carbocycles. The number of nitrogens with zero attached hydrogens (tertiary/aromatic N) is 3. The molecule has 1 amide bonds. The molecule has 116 valence electrons. The highest BCUT2D eigenvalue weighted by atomic mass is 16.2. The summed E-state index contributed by atoms with van der Waals surface area (Å²) < 4.78 is 1.90. The molecule has 0 unspecified atom stereocenters. The Morgan fingerprint density at radius 1 is 1.30 bits per heavy atom. The average Bonchev–Trinajstić information content (AvgIpc) is 3.18. The predicted octanol–water partition coefficient (Wildman–Crippen LogP) is 2.49. The first-order valence-corrected chi connectivity index (χ1v) is 7.20. The number of benzene rings is 1. The van der Waals surface area contributed by atoms with E-state index in [-0.39, 0.29) is 5.91 Å². The standard InChI is InChI=1S/C17H17N5O/c1-12-5-7-13(8-6-12)15-10-16(20-19-15)17(23)21-18-11-14-4-3-9-22(14)2/h3-11H,1-2H3,(H,19,20)(H,21,23). The smallest absolute Gasteiger partial charge is 0.289 e. The van der Waals surface area contributed by atoms with Gasteiger partial charge in [-0.1, -0.05) is 29.8 Å². The minimum Gasteiger partial charge on any atom is -0.350 e. The molecule has 2 aromatic heterocycles. The van der Waals surface area contributed by atoms with Crippen molar-refractivity contribution in [2.75, 3.05) is 0 Å². The van der Waals surface area contributed by atoms with Gasteiger partial charge in [0, 0.05) is 18.8 Å². The van der Waals surface area contributed by atoms with Gasteiger partial charge in [0.2, 0.25) is 0 Å². The molecule has 0 aliphatic rings. The number of hydrogen-bond donors (Lipinski definition) is 2.